The average molecular weight is 226 g/mol. The molecule has 0 bridgehead atoms. The van der Waals surface area contributed by atoms with E-state index in [1.807, 2.05) is 12.1 Å². The third kappa shape index (κ3) is 1.35. The molecule has 0 radical (unpaired) electrons. The van der Waals surface area contributed by atoms with Crippen LogP contribution in [-0.2, 0) is 0 Å². The highest BCUT2D eigenvalue weighted by molar-refractivity contribution is 9.10. The summed E-state index contributed by atoms with van der Waals surface area (Å²) in [5.74, 6) is 0.551. The van der Waals surface area contributed by atoms with E-state index in [0.717, 1.165) is 10.2 Å². The van der Waals surface area contributed by atoms with E-state index in [-0.39, 0.29) is 0 Å². The van der Waals surface area contributed by atoms with Gasteiger partial charge in [0.1, 0.15) is 4.60 Å². The number of rotatable bonds is 1. The van der Waals surface area contributed by atoms with E-state index in [1.54, 1.807) is 6.20 Å². The summed E-state index contributed by atoms with van der Waals surface area (Å²) in [6.07, 6.45) is 2.96. The summed E-state index contributed by atoms with van der Waals surface area (Å²) in [5.41, 5.74) is 0.840. The minimum Gasteiger partial charge on any atom is -0.342 e. The molecule has 4 nitrogen and oxygen atoms in total. The number of hydrogen-bond donors (Lipinski definition) is 0. The van der Waals surface area contributed by atoms with Gasteiger partial charge in [-0.2, -0.15) is 4.98 Å². The summed E-state index contributed by atoms with van der Waals surface area (Å²) < 4.78 is 5.39. The number of pyridine rings is 1. The van der Waals surface area contributed by atoms with Crippen LogP contribution < -0.4 is 0 Å². The van der Waals surface area contributed by atoms with Gasteiger partial charge in [-0.1, -0.05) is 5.16 Å². The van der Waals surface area contributed by atoms with Gasteiger partial charge in [0.15, 0.2) is 0 Å². The molecule has 12 heavy (non-hydrogen) atoms. The molecule has 2 aromatic heterocycles. The van der Waals surface area contributed by atoms with Gasteiger partial charge in [-0.3, -0.25) is 0 Å². The largest absolute Gasteiger partial charge is 0.342 e. The Balaban J connectivity index is 2.43. The molecule has 2 rings (SSSR count). The molecular formula is C7H4BrN3O. The molecule has 0 atom stereocenters. The molecule has 0 fully saturated rings. The highest BCUT2D eigenvalue weighted by Gasteiger charge is 2.01. The van der Waals surface area contributed by atoms with Crippen molar-refractivity contribution in [3.63, 3.8) is 0 Å². The number of nitrogens with zero attached hydrogens (tertiary/aromatic N) is 3. The van der Waals surface area contributed by atoms with Gasteiger partial charge in [-0.15, -0.1) is 0 Å². The molecule has 0 aliphatic carbocycles. The molecule has 0 unspecified atom stereocenters. The first-order valence-corrected chi connectivity index (χ1v) is 4.04. The minimum atomic E-state index is 0.551. The monoisotopic (exact) mass is 225 g/mol. The molecule has 2 aromatic rings. The van der Waals surface area contributed by atoms with Crippen molar-refractivity contribution in [1.29, 1.82) is 0 Å². The average Bonchev–Trinajstić information content (AvgIpc) is 2.58. The fourth-order valence-electron chi connectivity index (χ4n) is 0.806. The van der Waals surface area contributed by atoms with Crippen molar-refractivity contribution >= 4 is 15.9 Å². The predicted molar refractivity (Wildman–Crippen MR) is 45.2 cm³/mol. The normalized spacial score (nSPS) is 10.1. The Morgan fingerprint density at radius 2 is 2.17 bits per heavy atom. The van der Waals surface area contributed by atoms with E-state index >= 15 is 0 Å². The highest BCUT2D eigenvalue weighted by atomic mass is 79.9. The summed E-state index contributed by atoms with van der Waals surface area (Å²) >= 11 is 3.23. The second-order valence-corrected chi connectivity index (χ2v) is 2.94. The zero-order chi connectivity index (χ0) is 8.39. The van der Waals surface area contributed by atoms with Crippen molar-refractivity contribution in [2.45, 2.75) is 0 Å². The van der Waals surface area contributed by atoms with Crippen molar-refractivity contribution < 1.29 is 4.52 Å². The molecule has 0 aromatic carbocycles. The fourth-order valence-corrected chi connectivity index (χ4v) is 1.04. The Hall–Kier alpha value is -1.23. The maximum absolute atomic E-state index is 4.60. The van der Waals surface area contributed by atoms with Crippen LogP contribution in [-0.4, -0.2) is 15.1 Å². The van der Waals surface area contributed by atoms with Crippen LogP contribution in [0.15, 0.2) is 33.8 Å². The smallest absolute Gasteiger partial charge is 0.214 e. The second-order valence-electron chi connectivity index (χ2n) is 2.12. The van der Waals surface area contributed by atoms with E-state index in [0.29, 0.717) is 5.82 Å². The molecule has 0 saturated carbocycles. The van der Waals surface area contributed by atoms with Crippen LogP contribution in [0, 0.1) is 0 Å². The number of aromatic nitrogens is 3. The third-order valence-electron chi connectivity index (χ3n) is 1.35. The van der Waals surface area contributed by atoms with E-state index in [9.17, 15) is 0 Å². The van der Waals surface area contributed by atoms with Crippen LogP contribution in [0.4, 0.5) is 0 Å². The molecule has 0 amide bonds. The van der Waals surface area contributed by atoms with Crippen molar-refractivity contribution in [3.8, 4) is 11.4 Å². The standard InChI is InChI=1S/C7H4BrN3O/c8-6-2-1-5(3-9-6)7-10-4-12-11-7/h1-4H. The maximum Gasteiger partial charge on any atom is 0.214 e. The van der Waals surface area contributed by atoms with Crippen molar-refractivity contribution in [2.75, 3.05) is 0 Å². The lowest BCUT2D eigenvalue weighted by atomic mass is 10.3. The molecular weight excluding hydrogens is 222 g/mol. The maximum atomic E-state index is 4.60. The van der Waals surface area contributed by atoms with Gasteiger partial charge in [0, 0.05) is 11.8 Å². The summed E-state index contributed by atoms with van der Waals surface area (Å²) in [7, 11) is 0. The summed E-state index contributed by atoms with van der Waals surface area (Å²) in [6.45, 7) is 0. The van der Waals surface area contributed by atoms with Gasteiger partial charge in [0.25, 0.3) is 0 Å². The van der Waals surface area contributed by atoms with Gasteiger partial charge in [-0.05, 0) is 28.1 Å². The van der Waals surface area contributed by atoms with E-state index in [1.165, 1.54) is 6.39 Å². The Bertz CT molecular complexity index is 357. The molecule has 0 saturated heterocycles. The molecule has 0 spiro atoms. The first kappa shape index (κ1) is 7.42. The highest BCUT2D eigenvalue weighted by Crippen LogP contribution is 2.14. The predicted octanol–water partition coefficient (Wildman–Crippen LogP) is 1.89. The zero-order valence-corrected chi connectivity index (χ0v) is 7.52. The lowest BCUT2D eigenvalue weighted by Gasteiger charge is -1.91. The van der Waals surface area contributed by atoms with Crippen molar-refractivity contribution in [2.24, 2.45) is 0 Å². The van der Waals surface area contributed by atoms with Crippen molar-refractivity contribution in [3.05, 3.63) is 29.3 Å². The van der Waals surface area contributed by atoms with Crippen LogP contribution >= 0.6 is 15.9 Å². The molecule has 2 heterocycles. The second kappa shape index (κ2) is 3.02. The van der Waals surface area contributed by atoms with Crippen LogP contribution in [0.2, 0.25) is 0 Å². The third-order valence-corrected chi connectivity index (χ3v) is 1.82. The molecule has 0 aliphatic heterocycles. The Morgan fingerprint density at radius 1 is 1.25 bits per heavy atom. The van der Waals surface area contributed by atoms with E-state index in [4.69, 9.17) is 0 Å². The lowest BCUT2D eigenvalue weighted by Crippen LogP contribution is -1.81. The van der Waals surface area contributed by atoms with Gasteiger partial charge >= 0.3 is 0 Å². The Labute approximate surface area is 76.8 Å². The van der Waals surface area contributed by atoms with E-state index in [2.05, 4.69) is 35.6 Å². The summed E-state index contributed by atoms with van der Waals surface area (Å²) in [4.78, 5) is 7.91. The summed E-state index contributed by atoms with van der Waals surface area (Å²) in [6, 6.07) is 3.69. The van der Waals surface area contributed by atoms with Gasteiger partial charge < -0.3 is 4.52 Å². The SMILES string of the molecule is Brc1ccc(-c2ncon2)cn1. The van der Waals surface area contributed by atoms with Gasteiger partial charge in [0.05, 0.1) is 0 Å². The molecule has 60 valence electrons. The zero-order valence-electron chi connectivity index (χ0n) is 5.94. The minimum absolute atomic E-state index is 0.551. The first-order valence-electron chi connectivity index (χ1n) is 3.24. The Morgan fingerprint density at radius 3 is 2.75 bits per heavy atom. The fraction of sp³-hybridized carbons (Fsp3) is 0. The molecule has 0 N–H and O–H groups in total. The van der Waals surface area contributed by atoms with Crippen LogP contribution in [0.3, 0.4) is 0 Å². The Kier molecular flexibility index (Phi) is 1.87. The first-order chi connectivity index (χ1) is 5.86. The van der Waals surface area contributed by atoms with Crippen LogP contribution in [0.5, 0.6) is 0 Å². The molecule has 5 heteroatoms. The number of halogens is 1. The quantitative estimate of drug-likeness (QED) is 0.696. The number of hydrogen-bond acceptors (Lipinski definition) is 4. The lowest BCUT2D eigenvalue weighted by molar-refractivity contribution is 0.418. The van der Waals surface area contributed by atoms with Crippen LogP contribution in [0.1, 0.15) is 0 Å². The van der Waals surface area contributed by atoms with E-state index < -0.39 is 0 Å². The summed E-state index contributed by atoms with van der Waals surface area (Å²) in [5, 5.41) is 3.67. The van der Waals surface area contributed by atoms with Gasteiger partial charge in [0.2, 0.25) is 12.2 Å². The molecule has 0 aliphatic rings. The van der Waals surface area contributed by atoms with Crippen molar-refractivity contribution in [1.82, 2.24) is 15.1 Å². The topological polar surface area (TPSA) is 51.8 Å². The van der Waals surface area contributed by atoms with Crippen LogP contribution in [0.25, 0.3) is 11.4 Å². The van der Waals surface area contributed by atoms with Gasteiger partial charge in [-0.25, -0.2) is 4.98 Å².